The van der Waals surface area contributed by atoms with Gasteiger partial charge in [-0.15, -0.1) is 0 Å². The summed E-state index contributed by atoms with van der Waals surface area (Å²) in [7, 11) is -4.08. The fourth-order valence-corrected chi connectivity index (χ4v) is 3.84. The van der Waals surface area contributed by atoms with Crippen LogP contribution in [0.15, 0.2) is 78.0 Å². The molecule has 31 heavy (non-hydrogen) atoms. The van der Waals surface area contributed by atoms with Crippen molar-refractivity contribution in [2.45, 2.75) is 11.8 Å². The number of benzene rings is 2. The number of anilines is 1. The van der Waals surface area contributed by atoms with Crippen molar-refractivity contribution in [1.82, 2.24) is 14.5 Å². The predicted octanol–water partition coefficient (Wildman–Crippen LogP) is 4.45. The number of rotatable bonds is 6. The van der Waals surface area contributed by atoms with Crippen molar-refractivity contribution in [3.63, 3.8) is 0 Å². The van der Waals surface area contributed by atoms with E-state index < -0.39 is 21.7 Å². The summed E-state index contributed by atoms with van der Waals surface area (Å²) in [5.74, 6) is -0.453. The van der Waals surface area contributed by atoms with Crippen LogP contribution in [-0.2, 0) is 10.0 Å². The summed E-state index contributed by atoms with van der Waals surface area (Å²) in [5.41, 5.74) is 0.226. The molecule has 1 N–H and O–H groups in total. The molecule has 0 aliphatic rings. The monoisotopic (exact) mass is 442 g/mol. The summed E-state index contributed by atoms with van der Waals surface area (Å²) in [5, 5.41) is 0. The summed E-state index contributed by atoms with van der Waals surface area (Å²) in [4.78, 5) is 8.22. The van der Waals surface area contributed by atoms with Crippen molar-refractivity contribution in [2.75, 3.05) is 4.72 Å². The molecule has 0 aliphatic carbocycles. The first-order valence-corrected chi connectivity index (χ1v) is 10.5. The third kappa shape index (κ3) is 4.69. The Morgan fingerprint density at radius 1 is 0.935 bits per heavy atom. The molecule has 4 aromatic rings. The maximum absolute atomic E-state index is 13.4. The SMILES string of the molecule is Cc1nc(Oc2ccc(NS(=O)(=O)c3ccc(F)c(F)c3)cc2)cc(-n2cccc2)n1. The van der Waals surface area contributed by atoms with Gasteiger partial charge in [-0.3, -0.25) is 4.72 Å². The fraction of sp³-hybridized carbons (Fsp3) is 0.0476. The van der Waals surface area contributed by atoms with Gasteiger partial charge in [-0.2, -0.15) is 4.98 Å². The van der Waals surface area contributed by atoms with Crippen molar-refractivity contribution >= 4 is 15.7 Å². The molecule has 2 heterocycles. The molecule has 0 saturated carbocycles. The Bertz CT molecular complexity index is 1330. The lowest BCUT2D eigenvalue weighted by atomic mass is 10.3. The van der Waals surface area contributed by atoms with Crippen LogP contribution in [0.4, 0.5) is 14.5 Å². The van der Waals surface area contributed by atoms with Gasteiger partial charge in [0.15, 0.2) is 11.6 Å². The van der Waals surface area contributed by atoms with Crippen LogP contribution in [0.2, 0.25) is 0 Å². The maximum Gasteiger partial charge on any atom is 0.261 e. The molecular formula is C21H16F2N4O3S. The molecule has 7 nitrogen and oxygen atoms in total. The second kappa shape index (κ2) is 8.15. The van der Waals surface area contributed by atoms with E-state index in [9.17, 15) is 17.2 Å². The average Bonchev–Trinajstić information content (AvgIpc) is 3.26. The van der Waals surface area contributed by atoms with Gasteiger partial charge in [0.1, 0.15) is 17.4 Å². The number of hydrogen-bond acceptors (Lipinski definition) is 5. The Morgan fingerprint density at radius 3 is 2.32 bits per heavy atom. The van der Waals surface area contributed by atoms with Gasteiger partial charge in [0.25, 0.3) is 10.0 Å². The van der Waals surface area contributed by atoms with Crippen molar-refractivity contribution in [1.29, 1.82) is 0 Å². The Balaban J connectivity index is 1.50. The van der Waals surface area contributed by atoms with Crippen molar-refractivity contribution in [3.8, 4) is 17.4 Å². The molecule has 0 spiro atoms. The summed E-state index contributed by atoms with van der Waals surface area (Å²) in [6.45, 7) is 1.75. The quantitative estimate of drug-likeness (QED) is 0.477. The highest BCUT2D eigenvalue weighted by Crippen LogP contribution is 2.25. The predicted molar refractivity (Wildman–Crippen MR) is 110 cm³/mol. The second-order valence-corrected chi connectivity index (χ2v) is 8.19. The third-order valence-corrected chi connectivity index (χ3v) is 5.58. The van der Waals surface area contributed by atoms with Crippen LogP contribution in [0, 0.1) is 18.6 Å². The number of aryl methyl sites for hydroxylation is 1. The minimum absolute atomic E-state index is 0.226. The van der Waals surface area contributed by atoms with E-state index >= 15 is 0 Å². The number of halogens is 2. The van der Waals surface area contributed by atoms with Crippen LogP contribution >= 0.6 is 0 Å². The molecule has 0 bridgehead atoms. The van der Waals surface area contributed by atoms with Crippen LogP contribution in [0.1, 0.15) is 5.82 Å². The number of ether oxygens (including phenoxy) is 1. The molecule has 2 aromatic carbocycles. The molecule has 0 aliphatic heterocycles. The molecule has 158 valence electrons. The first-order chi connectivity index (χ1) is 14.8. The van der Waals surface area contributed by atoms with E-state index in [4.69, 9.17) is 4.74 Å². The summed E-state index contributed by atoms with van der Waals surface area (Å²) >= 11 is 0. The third-order valence-electron chi connectivity index (χ3n) is 4.20. The largest absolute Gasteiger partial charge is 0.439 e. The van der Waals surface area contributed by atoms with E-state index in [-0.39, 0.29) is 10.6 Å². The van der Waals surface area contributed by atoms with E-state index in [0.29, 0.717) is 29.3 Å². The van der Waals surface area contributed by atoms with Gasteiger partial charge in [-0.25, -0.2) is 22.2 Å². The van der Waals surface area contributed by atoms with Gasteiger partial charge >= 0.3 is 0 Å². The molecule has 10 heteroatoms. The summed E-state index contributed by atoms with van der Waals surface area (Å²) in [6, 6.07) is 13.8. The highest BCUT2D eigenvalue weighted by Gasteiger charge is 2.17. The maximum atomic E-state index is 13.4. The highest BCUT2D eigenvalue weighted by molar-refractivity contribution is 7.92. The van der Waals surface area contributed by atoms with Crippen LogP contribution in [0.25, 0.3) is 5.82 Å². The average molecular weight is 442 g/mol. The number of hydrogen-bond donors (Lipinski definition) is 1. The van der Waals surface area contributed by atoms with Crippen molar-refractivity contribution in [2.24, 2.45) is 0 Å². The van der Waals surface area contributed by atoms with E-state index in [1.165, 1.54) is 12.1 Å². The van der Waals surface area contributed by atoms with Gasteiger partial charge in [-0.1, -0.05) is 0 Å². The van der Waals surface area contributed by atoms with Crippen LogP contribution in [0.3, 0.4) is 0 Å². The summed E-state index contributed by atoms with van der Waals surface area (Å²) in [6.07, 6.45) is 3.69. The van der Waals surface area contributed by atoms with E-state index in [0.717, 1.165) is 12.1 Å². The van der Waals surface area contributed by atoms with Crippen molar-refractivity contribution < 1.29 is 21.9 Å². The van der Waals surface area contributed by atoms with Gasteiger partial charge in [-0.05, 0) is 61.5 Å². The number of nitrogens with zero attached hydrogens (tertiary/aromatic N) is 3. The number of sulfonamides is 1. The Labute approximate surface area is 177 Å². The normalized spacial score (nSPS) is 11.3. The molecule has 4 rings (SSSR count). The first-order valence-electron chi connectivity index (χ1n) is 9.05. The van der Waals surface area contributed by atoms with Gasteiger partial charge in [0.2, 0.25) is 5.88 Å². The van der Waals surface area contributed by atoms with E-state index in [1.54, 1.807) is 25.1 Å². The minimum atomic E-state index is -4.08. The van der Waals surface area contributed by atoms with Crippen LogP contribution in [0.5, 0.6) is 11.6 Å². The van der Waals surface area contributed by atoms with E-state index in [1.807, 2.05) is 29.1 Å². The highest BCUT2D eigenvalue weighted by atomic mass is 32.2. The van der Waals surface area contributed by atoms with Crippen molar-refractivity contribution in [3.05, 3.63) is 90.5 Å². The van der Waals surface area contributed by atoms with Gasteiger partial charge in [0, 0.05) is 24.1 Å². The first kappa shape index (κ1) is 20.5. The number of nitrogens with one attached hydrogen (secondary N) is 1. The topological polar surface area (TPSA) is 86.1 Å². The smallest absolute Gasteiger partial charge is 0.261 e. The molecule has 0 amide bonds. The van der Waals surface area contributed by atoms with E-state index in [2.05, 4.69) is 14.7 Å². The Kier molecular flexibility index (Phi) is 5.38. The molecule has 0 atom stereocenters. The Morgan fingerprint density at radius 2 is 1.65 bits per heavy atom. The standard InChI is InChI=1S/C21H16F2N4O3S/c1-14-24-20(27-10-2-3-11-27)13-21(25-14)30-16-6-4-15(5-7-16)26-31(28,29)17-8-9-18(22)19(23)12-17/h2-13,26H,1H3. The lowest BCUT2D eigenvalue weighted by Crippen LogP contribution is -2.13. The molecule has 0 radical (unpaired) electrons. The zero-order valence-corrected chi connectivity index (χ0v) is 17.0. The lowest BCUT2D eigenvalue weighted by Gasteiger charge is -2.11. The minimum Gasteiger partial charge on any atom is -0.439 e. The van der Waals surface area contributed by atoms with Crippen LogP contribution < -0.4 is 9.46 Å². The Hall–Kier alpha value is -3.79. The molecule has 2 aromatic heterocycles. The molecule has 0 fully saturated rings. The second-order valence-electron chi connectivity index (χ2n) is 6.51. The van der Waals surface area contributed by atoms with Gasteiger partial charge < -0.3 is 9.30 Å². The van der Waals surface area contributed by atoms with Gasteiger partial charge in [0.05, 0.1) is 4.90 Å². The molecule has 0 unspecified atom stereocenters. The number of aromatic nitrogens is 3. The zero-order valence-electron chi connectivity index (χ0n) is 16.2. The lowest BCUT2D eigenvalue weighted by molar-refractivity contribution is 0.459. The molecular weight excluding hydrogens is 426 g/mol. The molecule has 0 saturated heterocycles. The fourth-order valence-electron chi connectivity index (χ4n) is 2.77. The van der Waals surface area contributed by atoms with Crippen LogP contribution in [-0.4, -0.2) is 23.0 Å². The summed E-state index contributed by atoms with van der Waals surface area (Å²) < 4.78 is 61.1. The zero-order chi connectivity index (χ0) is 22.0.